The molecule has 0 radical (unpaired) electrons. The molecule has 1 fully saturated rings. The number of hydrogen-bond acceptors (Lipinski definition) is 2. The van der Waals surface area contributed by atoms with E-state index in [-0.39, 0.29) is 12.1 Å². The van der Waals surface area contributed by atoms with Gasteiger partial charge in [0.05, 0.1) is 5.56 Å². The van der Waals surface area contributed by atoms with Crippen molar-refractivity contribution < 1.29 is 13.2 Å². The second kappa shape index (κ2) is 4.22. The van der Waals surface area contributed by atoms with Crippen LogP contribution >= 0.6 is 0 Å². The molecule has 2 N–H and O–H groups in total. The van der Waals surface area contributed by atoms with Gasteiger partial charge in [0.25, 0.3) is 0 Å². The largest absolute Gasteiger partial charge is 0.416 e. The maximum absolute atomic E-state index is 12.8. The Kier molecular flexibility index (Phi) is 3.03. The molecular formula is C12H15F3N2. The fraction of sp³-hybridized carbons (Fsp3) is 0.500. The Labute approximate surface area is 98.2 Å². The first kappa shape index (κ1) is 12.2. The Bertz CT molecular complexity index is 411. The summed E-state index contributed by atoms with van der Waals surface area (Å²) in [5.41, 5.74) is 5.46. The molecule has 5 heteroatoms. The van der Waals surface area contributed by atoms with E-state index in [0.717, 1.165) is 12.8 Å². The molecule has 0 atom stereocenters. The standard InChI is InChI=1S/C12H15F3N2/c1-17(9-4-5-9)10-3-2-8(7-16)11(6-10)12(13,14)15/h2-3,6,9H,4-5,7,16H2,1H3. The number of alkyl halides is 3. The van der Waals surface area contributed by atoms with Crippen LogP contribution in [-0.2, 0) is 12.7 Å². The lowest BCUT2D eigenvalue weighted by Crippen LogP contribution is -2.21. The van der Waals surface area contributed by atoms with Crippen molar-refractivity contribution in [2.45, 2.75) is 31.6 Å². The number of nitrogens with two attached hydrogens (primary N) is 1. The van der Waals surface area contributed by atoms with Crippen molar-refractivity contribution in [2.24, 2.45) is 5.73 Å². The molecule has 0 spiro atoms. The van der Waals surface area contributed by atoms with Crippen molar-refractivity contribution in [1.82, 2.24) is 0 Å². The minimum Gasteiger partial charge on any atom is -0.372 e. The average molecular weight is 244 g/mol. The SMILES string of the molecule is CN(c1ccc(CN)c(C(F)(F)F)c1)C1CC1. The third kappa shape index (κ3) is 2.54. The molecule has 0 unspecified atom stereocenters. The van der Waals surface area contributed by atoms with Crippen molar-refractivity contribution in [1.29, 1.82) is 0 Å². The van der Waals surface area contributed by atoms with E-state index in [1.807, 2.05) is 11.9 Å². The smallest absolute Gasteiger partial charge is 0.372 e. The van der Waals surface area contributed by atoms with Crippen molar-refractivity contribution in [3.8, 4) is 0 Å². The van der Waals surface area contributed by atoms with Gasteiger partial charge in [0.1, 0.15) is 0 Å². The van der Waals surface area contributed by atoms with Gasteiger partial charge in [0.15, 0.2) is 0 Å². The summed E-state index contributed by atoms with van der Waals surface area (Å²) in [6.07, 6.45) is -2.23. The maximum Gasteiger partial charge on any atom is 0.416 e. The molecule has 1 aliphatic rings. The summed E-state index contributed by atoms with van der Waals surface area (Å²) in [5, 5.41) is 0. The van der Waals surface area contributed by atoms with Crippen LogP contribution in [0.15, 0.2) is 18.2 Å². The van der Waals surface area contributed by atoms with Crippen LogP contribution in [0.2, 0.25) is 0 Å². The molecule has 1 aromatic carbocycles. The maximum atomic E-state index is 12.8. The predicted molar refractivity (Wildman–Crippen MR) is 60.8 cm³/mol. The zero-order chi connectivity index (χ0) is 12.6. The highest BCUT2D eigenvalue weighted by Crippen LogP contribution is 2.36. The molecule has 2 nitrogen and oxygen atoms in total. The fourth-order valence-electron chi connectivity index (χ4n) is 1.90. The Morgan fingerprint density at radius 2 is 2.00 bits per heavy atom. The summed E-state index contributed by atoms with van der Waals surface area (Å²) < 4.78 is 38.5. The van der Waals surface area contributed by atoms with Gasteiger partial charge in [-0.15, -0.1) is 0 Å². The summed E-state index contributed by atoms with van der Waals surface area (Å²) in [7, 11) is 1.83. The number of halogens is 3. The van der Waals surface area contributed by atoms with Gasteiger partial charge < -0.3 is 10.6 Å². The van der Waals surface area contributed by atoms with Crippen molar-refractivity contribution in [3.05, 3.63) is 29.3 Å². The lowest BCUT2D eigenvalue weighted by molar-refractivity contribution is -0.138. The number of benzene rings is 1. The summed E-state index contributed by atoms with van der Waals surface area (Å²) >= 11 is 0. The Balaban J connectivity index is 2.37. The molecular weight excluding hydrogens is 229 g/mol. The normalized spacial score (nSPS) is 16.1. The molecule has 2 rings (SSSR count). The first-order valence-electron chi connectivity index (χ1n) is 5.56. The van der Waals surface area contributed by atoms with Crippen LogP contribution in [0.4, 0.5) is 18.9 Å². The molecule has 1 aromatic rings. The molecule has 94 valence electrons. The summed E-state index contributed by atoms with van der Waals surface area (Å²) in [5.74, 6) is 0. The summed E-state index contributed by atoms with van der Waals surface area (Å²) in [6, 6.07) is 4.76. The molecule has 0 bridgehead atoms. The number of anilines is 1. The van der Waals surface area contributed by atoms with Crippen LogP contribution in [-0.4, -0.2) is 13.1 Å². The van der Waals surface area contributed by atoms with E-state index < -0.39 is 11.7 Å². The first-order chi connectivity index (χ1) is 7.93. The van der Waals surface area contributed by atoms with Crippen molar-refractivity contribution in [2.75, 3.05) is 11.9 Å². The Morgan fingerprint density at radius 1 is 1.35 bits per heavy atom. The molecule has 1 aliphatic carbocycles. The minimum atomic E-state index is -4.34. The fourth-order valence-corrected chi connectivity index (χ4v) is 1.90. The predicted octanol–water partition coefficient (Wildman–Crippen LogP) is 2.76. The van der Waals surface area contributed by atoms with E-state index >= 15 is 0 Å². The number of rotatable bonds is 3. The lowest BCUT2D eigenvalue weighted by Gasteiger charge is -2.21. The van der Waals surface area contributed by atoms with E-state index in [2.05, 4.69) is 0 Å². The van der Waals surface area contributed by atoms with Gasteiger partial charge in [-0.3, -0.25) is 0 Å². The second-order valence-electron chi connectivity index (χ2n) is 4.39. The van der Waals surface area contributed by atoms with E-state index in [9.17, 15) is 13.2 Å². The van der Waals surface area contributed by atoms with Gasteiger partial charge in [-0.2, -0.15) is 13.2 Å². The molecule has 0 saturated heterocycles. The quantitative estimate of drug-likeness (QED) is 0.885. The minimum absolute atomic E-state index is 0.0950. The lowest BCUT2D eigenvalue weighted by atomic mass is 10.1. The second-order valence-corrected chi connectivity index (χ2v) is 4.39. The zero-order valence-corrected chi connectivity index (χ0v) is 9.59. The average Bonchev–Trinajstić information content (AvgIpc) is 3.10. The van der Waals surface area contributed by atoms with Crippen LogP contribution in [0.3, 0.4) is 0 Å². The highest BCUT2D eigenvalue weighted by molar-refractivity contribution is 5.53. The van der Waals surface area contributed by atoms with Gasteiger partial charge in [0.2, 0.25) is 0 Å². The van der Waals surface area contributed by atoms with Gasteiger partial charge in [-0.05, 0) is 30.5 Å². The molecule has 0 amide bonds. The van der Waals surface area contributed by atoms with Gasteiger partial charge in [0, 0.05) is 25.3 Å². The number of nitrogens with zero attached hydrogens (tertiary/aromatic N) is 1. The first-order valence-corrected chi connectivity index (χ1v) is 5.56. The topological polar surface area (TPSA) is 29.3 Å². The van der Waals surface area contributed by atoms with Crippen molar-refractivity contribution in [3.63, 3.8) is 0 Å². The molecule has 1 saturated carbocycles. The van der Waals surface area contributed by atoms with Gasteiger partial charge >= 0.3 is 6.18 Å². The molecule has 17 heavy (non-hydrogen) atoms. The van der Waals surface area contributed by atoms with Crippen LogP contribution in [0.5, 0.6) is 0 Å². The van der Waals surface area contributed by atoms with Crippen LogP contribution in [0, 0.1) is 0 Å². The third-order valence-electron chi connectivity index (χ3n) is 3.12. The molecule has 0 aliphatic heterocycles. The summed E-state index contributed by atoms with van der Waals surface area (Å²) in [4.78, 5) is 1.90. The van der Waals surface area contributed by atoms with E-state index in [1.165, 1.54) is 12.1 Å². The number of hydrogen-bond donors (Lipinski definition) is 1. The van der Waals surface area contributed by atoms with Gasteiger partial charge in [-0.1, -0.05) is 6.07 Å². The zero-order valence-electron chi connectivity index (χ0n) is 9.59. The summed E-state index contributed by atoms with van der Waals surface area (Å²) in [6.45, 7) is -0.0950. The highest BCUT2D eigenvalue weighted by Gasteiger charge is 2.34. The Morgan fingerprint density at radius 3 is 2.47 bits per heavy atom. The van der Waals surface area contributed by atoms with E-state index in [4.69, 9.17) is 5.73 Å². The van der Waals surface area contributed by atoms with Crippen LogP contribution in [0.25, 0.3) is 0 Å². The molecule has 0 aromatic heterocycles. The van der Waals surface area contributed by atoms with Gasteiger partial charge in [-0.25, -0.2) is 0 Å². The third-order valence-corrected chi connectivity index (χ3v) is 3.12. The van der Waals surface area contributed by atoms with E-state index in [1.54, 1.807) is 6.07 Å². The molecule has 0 heterocycles. The van der Waals surface area contributed by atoms with Crippen LogP contribution in [0.1, 0.15) is 24.0 Å². The van der Waals surface area contributed by atoms with Crippen molar-refractivity contribution >= 4 is 5.69 Å². The monoisotopic (exact) mass is 244 g/mol. The van der Waals surface area contributed by atoms with E-state index in [0.29, 0.717) is 11.7 Å². The Hall–Kier alpha value is -1.23. The van der Waals surface area contributed by atoms with Crippen LogP contribution < -0.4 is 10.6 Å². The highest BCUT2D eigenvalue weighted by atomic mass is 19.4.